The van der Waals surface area contributed by atoms with Gasteiger partial charge in [0.1, 0.15) is 11.4 Å². The Hall–Kier alpha value is -3.09. The summed E-state index contributed by atoms with van der Waals surface area (Å²) in [7, 11) is 1.80. The molecular weight excluding hydrogens is 407 g/mol. The summed E-state index contributed by atoms with van der Waals surface area (Å²) in [4.78, 5) is 21.5. The molecule has 1 aromatic heterocycles. The molecule has 0 radical (unpaired) electrons. The molecule has 4 rings (SSSR count). The zero-order valence-electron chi connectivity index (χ0n) is 19.2. The number of aromatic nitrogens is 2. The van der Waals surface area contributed by atoms with Gasteiger partial charge in [0.2, 0.25) is 5.95 Å². The first-order valence-electron chi connectivity index (χ1n) is 11.1. The Morgan fingerprint density at radius 3 is 2.75 bits per heavy atom. The van der Waals surface area contributed by atoms with Gasteiger partial charge in [-0.3, -0.25) is 0 Å². The Bertz CT molecular complexity index is 1100. The van der Waals surface area contributed by atoms with Gasteiger partial charge in [-0.05, 0) is 63.4 Å². The molecule has 6 nitrogen and oxygen atoms in total. The van der Waals surface area contributed by atoms with E-state index in [0.29, 0.717) is 13.1 Å². The molecule has 1 aliphatic heterocycles. The quantitative estimate of drug-likeness (QED) is 0.571. The molecular formula is C25H31FN4O2. The summed E-state index contributed by atoms with van der Waals surface area (Å²) in [5.41, 5.74) is 2.27. The van der Waals surface area contributed by atoms with Crippen molar-refractivity contribution < 1.29 is 13.9 Å². The van der Waals surface area contributed by atoms with Crippen molar-refractivity contribution in [2.45, 2.75) is 51.8 Å². The predicted octanol–water partition coefficient (Wildman–Crippen LogP) is 5.06. The number of benzene rings is 2. The van der Waals surface area contributed by atoms with Gasteiger partial charge in [-0.1, -0.05) is 24.3 Å². The van der Waals surface area contributed by atoms with Crippen LogP contribution in [0, 0.1) is 5.82 Å². The molecule has 2 heterocycles. The third-order valence-corrected chi connectivity index (χ3v) is 5.77. The van der Waals surface area contributed by atoms with Crippen LogP contribution in [0.15, 0.2) is 48.5 Å². The Kier molecular flexibility index (Phi) is 6.09. The Labute approximate surface area is 188 Å². The number of hydrogen-bond acceptors (Lipinski definition) is 4. The van der Waals surface area contributed by atoms with E-state index in [1.165, 1.54) is 6.07 Å². The number of hydrogen-bond donors (Lipinski definition) is 0. The van der Waals surface area contributed by atoms with E-state index < -0.39 is 5.60 Å². The summed E-state index contributed by atoms with van der Waals surface area (Å²) < 4.78 is 21.5. The highest BCUT2D eigenvalue weighted by Gasteiger charge is 2.31. The number of carbonyl (C=O) groups is 1. The third kappa shape index (κ3) is 4.87. The maximum absolute atomic E-state index is 13.8. The molecule has 1 amide bonds. The SMILES string of the molecule is CN(C(=O)OC(C)(C)C)C1CCCN(c2nc3ccccc3n2Cc2cccc(F)c2)C1. The second-order valence-electron chi connectivity index (χ2n) is 9.45. The molecule has 1 saturated heterocycles. The summed E-state index contributed by atoms with van der Waals surface area (Å²) in [5.74, 6) is 0.600. The number of ether oxygens (including phenoxy) is 1. The van der Waals surface area contributed by atoms with Crippen LogP contribution in [0.5, 0.6) is 0 Å². The molecule has 0 aliphatic carbocycles. The molecule has 2 aromatic carbocycles. The van der Waals surface area contributed by atoms with Crippen LogP contribution in [0.1, 0.15) is 39.2 Å². The van der Waals surface area contributed by atoms with Gasteiger partial charge in [0, 0.05) is 20.1 Å². The average Bonchev–Trinajstić information content (AvgIpc) is 3.10. The molecule has 0 saturated carbocycles. The normalized spacial score (nSPS) is 16.9. The number of piperidine rings is 1. The molecule has 0 bridgehead atoms. The predicted molar refractivity (Wildman–Crippen MR) is 124 cm³/mol. The fourth-order valence-electron chi connectivity index (χ4n) is 4.21. The molecule has 1 atom stereocenters. The fourth-order valence-corrected chi connectivity index (χ4v) is 4.21. The summed E-state index contributed by atoms with van der Waals surface area (Å²) in [5, 5.41) is 0. The molecule has 0 N–H and O–H groups in total. The van der Waals surface area contributed by atoms with Crippen LogP contribution < -0.4 is 4.90 Å². The van der Waals surface area contributed by atoms with Gasteiger partial charge in [0.15, 0.2) is 0 Å². The number of para-hydroxylation sites is 2. The third-order valence-electron chi connectivity index (χ3n) is 5.77. The molecule has 170 valence electrons. The Morgan fingerprint density at radius 1 is 1.22 bits per heavy atom. The van der Waals surface area contributed by atoms with Crippen molar-refractivity contribution in [1.82, 2.24) is 14.5 Å². The number of fused-ring (bicyclic) bond motifs is 1. The first kappa shape index (κ1) is 22.1. The van der Waals surface area contributed by atoms with E-state index in [2.05, 4.69) is 9.47 Å². The van der Waals surface area contributed by atoms with E-state index in [1.807, 2.05) is 51.1 Å². The van der Waals surface area contributed by atoms with Crippen LogP contribution in [0.4, 0.5) is 15.1 Å². The van der Waals surface area contributed by atoms with Gasteiger partial charge in [-0.25, -0.2) is 14.2 Å². The minimum atomic E-state index is -0.529. The van der Waals surface area contributed by atoms with E-state index in [4.69, 9.17) is 9.72 Å². The lowest BCUT2D eigenvalue weighted by molar-refractivity contribution is 0.0209. The van der Waals surface area contributed by atoms with Crippen LogP contribution in [0.2, 0.25) is 0 Å². The zero-order valence-corrected chi connectivity index (χ0v) is 19.2. The molecule has 1 fully saturated rings. The number of amides is 1. The van der Waals surface area contributed by atoms with E-state index in [0.717, 1.165) is 41.9 Å². The van der Waals surface area contributed by atoms with Crippen molar-refractivity contribution in [2.24, 2.45) is 0 Å². The molecule has 1 unspecified atom stereocenters. The van der Waals surface area contributed by atoms with Crippen molar-refractivity contribution in [1.29, 1.82) is 0 Å². The topological polar surface area (TPSA) is 50.6 Å². The van der Waals surface area contributed by atoms with Crippen molar-refractivity contribution >= 4 is 23.1 Å². The summed E-state index contributed by atoms with van der Waals surface area (Å²) in [6, 6.07) is 14.7. The highest BCUT2D eigenvalue weighted by molar-refractivity contribution is 5.79. The van der Waals surface area contributed by atoms with Gasteiger partial charge in [0.05, 0.1) is 23.6 Å². The summed E-state index contributed by atoms with van der Waals surface area (Å²) in [6.45, 7) is 7.67. The second-order valence-corrected chi connectivity index (χ2v) is 9.45. The standard InChI is InChI=1S/C25H31FN4O2/c1-25(2,3)32-24(31)28(4)20-11-8-14-29(17-20)23-27-21-12-5-6-13-22(21)30(23)16-18-9-7-10-19(26)15-18/h5-7,9-10,12-13,15,20H,8,11,14,16-17H2,1-4H3. The highest BCUT2D eigenvalue weighted by atomic mass is 19.1. The van der Waals surface area contributed by atoms with Gasteiger partial charge in [0.25, 0.3) is 0 Å². The number of rotatable bonds is 4. The van der Waals surface area contributed by atoms with Crippen molar-refractivity contribution in [3.63, 3.8) is 0 Å². The largest absolute Gasteiger partial charge is 0.444 e. The maximum atomic E-state index is 13.8. The van der Waals surface area contributed by atoms with Crippen LogP contribution in [-0.2, 0) is 11.3 Å². The monoisotopic (exact) mass is 438 g/mol. The number of likely N-dealkylation sites (N-methyl/N-ethyl adjacent to an activating group) is 1. The second kappa shape index (κ2) is 8.81. The van der Waals surface area contributed by atoms with E-state index >= 15 is 0 Å². The summed E-state index contributed by atoms with van der Waals surface area (Å²) in [6.07, 6.45) is 1.55. The minimum absolute atomic E-state index is 0.0287. The van der Waals surface area contributed by atoms with Crippen molar-refractivity contribution in [2.75, 3.05) is 25.0 Å². The molecule has 1 aliphatic rings. The number of anilines is 1. The van der Waals surface area contributed by atoms with Crippen molar-refractivity contribution in [3.8, 4) is 0 Å². The van der Waals surface area contributed by atoms with Gasteiger partial charge in [-0.2, -0.15) is 0 Å². The number of nitrogens with zero attached hydrogens (tertiary/aromatic N) is 4. The Morgan fingerprint density at radius 2 is 2.00 bits per heavy atom. The van der Waals surface area contributed by atoms with E-state index in [1.54, 1.807) is 24.1 Å². The van der Waals surface area contributed by atoms with Gasteiger partial charge in [-0.15, -0.1) is 0 Å². The van der Waals surface area contributed by atoms with E-state index in [9.17, 15) is 9.18 Å². The first-order chi connectivity index (χ1) is 15.2. The molecule has 7 heteroatoms. The number of carbonyl (C=O) groups excluding carboxylic acids is 1. The fraction of sp³-hybridized carbons (Fsp3) is 0.440. The van der Waals surface area contributed by atoms with Crippen molar-refractivity contribution in [3.05, 3.63) is 59.9 Å². The van der Waals surface area contributed by atoms with Crippen LogP contribution in [-0.4, -0.2) is 52.3 Å². The van der Waals surface area contributed by atoms with Crippen LogP contribution in [0.25, 0.3) is 11.0 Å². The van der Waals surface area contributed by atoms with Crippen LogP contribution >= 0.6 is 0 Å². The van der Waals surface area contributed by atoms with E-state index in [-0.39, 0.29) is 18.0 Å². The van der Waals surface area contributed by atoms with Gasteiger partial charge >= 0.3 is 6.09 Å². The highest BCUT2D eigenvalue weighted by Crippen LogP contribution is 2.28. The maximum Gasteiger partial charge on any atom is 0.410 e. The molecule has 0 spiro atoms. The zero-order chi connectivity index (χ0) is 22.9. The number of imidazole rings is 1. The average molecular weight is 439 g/mol. The minimum Gasteiger partial charge on any atom is -0.444 e. The summed E-state index contributed by atoms with van der Waals surface area (Å²) >= 11 is 0. The number of halogens is 1. The van der Waals surface area contributed by atoms with Gasteiger partial charge < -0.3 is 19.1 Å². The lowest BCUT2D eigenvalue weighted by Gasteiger charge is -2.38. The Balaban J connectivity index is 1.62. The lowest BCUT2D eigenvalue weighted by Crippen LogP contribution is -2.50. The lowest BCUT2D eigenvalue weighted by atomic mass is 10.1. The first-order valence-corrected chi connectivity index (χ1v) is 11.1. The smallest absolute Gasteiger partial charge is 0.410 e. The molecule has 32 heavy (non-hydrogen) atoms. The van der Waals surface area contributed by atoms with Crippen LogP contribution in [0.3, 0.4) is 0 Å². The molecule has 3 aromatic rings.